The molecule has 0 aliphatic carbocycles. The maximum atomic E-state index is 14.5. The van der Waals surface area contributed by atoms with Gasteiger partial charge in [-0.05, 0) is 42.0 Å². The second kappa shape index (κ2) is 10.4. The predicted octanol–water partition coefficient (Wildman–Crippen LogP) is 8.66. The standard InChI is InChI=1S/C40H22N4O2/c41-23-25-20-21-28(27(22-25)24-42)31-14-8-15-32-30-13-5-7-18-35(30)43(38(31)32)36-19-9-16-33-37(36)40(46)44(39(33)45)34-17-6-4-12-29(34)26-10-2-1-3-11-26/h1-22H. The summed E-state index contributed by atoms with van der Waals surface area (Å²) < 4.78 is 2.02. The molecule has 214 valence electrons. The van der Waals surface area contributed by atoms with E-state index in [9.17, 15) is 20.1 Å². The average Bonchev–Trinajstić information content (AvgIpc) is 3.59. The van der Waals surface area contributed by atoms with Crippen LogP contribution >= 0.6 is 0 Å². The number of nitrogens with zero attached hydrogens (tertiary/aromatic N) is 4. The number of rotatable bonds is 4. The van der Waals surface area contributed by atoms with Crippen LogP contribution in [0, 0.1) is 22.7 Å². The molecule has 1 aliphatic heterocycles. The van der Waals surface area contributed by atoms with Crippen molar-refractivity contribution >= 4 is 39.3 Å². The zero-order valence-corrected chi connectivity index (χ0v) is 24.3. The number of nitriles is 2. The molecular formula is C40H22N4O2. The Labute approximate surface area is 264 Å². The molecule has 8 rings (SSSR count). The maximum Gasteiger partial charge on any atom is 0.268 e. The van der Waals surface area contributed by atoms with Crippen LogP contribution in [0.3, 0.4) is 0 Å². The second-order valence-electron chi connectivity index (χ2n) is 11.1. The third kappa shape index (κ3) is 3.88. The molecule has 0 radical (unpaired) electrons. The number of hydrogen-bond donors (Lipinski definition) is 0. The minimum absolute atomic E-state index is 0.313. The molecule has 6 aromatic carbocycles. The SMILES string of the molecule is N#Cc1ccc(-c2cccc3c4ccccc4n(-c4cccc5c4C(=O)N(c4ccccc4-c4ccccc4)C5=O)c23)c(C#N)c1. The minimum atomic E-state index is -0.404. The third-order valence-corrected chi connectivity index (χ3v) is 8.62. The Balaban J connectivity index is 1.40. The van der Waals surface area contributed by atoms with Crippen LogP contribution in [0.2, 0.25) is 0 Å². The predicted molar refractivity (Wildman–Crippen MR) is 179 cm³/mol. The van der Waals surface area contributed by atoms with Crippen LogP contribution in [0.15, 0.2) is 133 Å². The fourth-order valence-electron chi connectivity index (χ4n) is 6.63. The van der Waals surface area contributed by atoms with E-state index in [1.807, 2.05) is 102 Å². The van der Waals surface area contributed by atoms with Gasteiger partial charge in [-0.1, -0.05) is 97.1 Å². The molecule has 0 saturated heterocycles. The first-order valence-electron chi connectivity index (χ1n) is 14.7. The number of benzene rings is 6. The first-order chi connectivity index (χ1) is 22.6. The highest BCUT2D eigenvalue weighted by atomic mass is 16.2. The summed E-state index contributed by atoms with van der Waals surface area (Å²) in [6.45, 7) is 0. The number of aromatic nitrogens is 1. The highest BCUT2D eigenvalue weighted by Crippen LogP contribution is 2.43. The summed E-state index contributed by atoms with van der Waals surface area (Å²) in [5.41, 5.74) is 7.27. The zero-order chi connectivity index (χ0) is 31.4. The van der Waals surface area contributed by atoms with Crippen molar-refractivity contribution in [3.05, 3.63) is 156 Å². The monoisotopic (exact) mass is 590 g/mol. The molecule has 0 unspecified atom stereocenters. The van der Waals surface area contributed by atoms with Gasteiger partial charge in [0.2, 0.25) is 0 Å². The Morgan fingerprint density at radius 2 is 1.20 bits per heavy atom. The molecule has 2 heterocycles. The minimum Gasteiger partial charge on any atom is -0.308 e. The van der Waals surface area contributed by atoms with Crippen LogP contribution in [0.5, 0.6) is 0 Å². The van der Waals surface area contributed by atoms with Crippen LogP contribution in [-0.4, -0.2) is 16.4 Å². The van der Waals surface area contributed by atoms with E-state index in [0.29, 0.717) is 39.2 Å². The Bertz CT molecular complexity index is 2500. The van der Waals surface area contributed by atoms with Gasteiger partial charge >= 0.3 is 0 Å². The Morgan fingerprint density at radius 1 is 0.522 bits per heavy atom. The van der Waals surface area contributed by atoms with Gasteiger partial charge in [0.15, 0.2) is 0 Å². The lowest BCUT2D eigenvalue weighted by atomic mass is 9.96. The van der Waals surface area contributed by atoms with Gasteiger partial charge in [0.25, 0.3) is 11.8 Å². The molecule has 0 saturated carbocycles. The first-order valence-corrected chi connectivity index (χ1v) is 14.7. The Morgan fingerprint density at radius 3 is 2.02 bits per heavy atom. The van der Waals surface area contributed by atoms with Crippen LogP contribution in [-0.2, 0) is 0 Å². The normalized spacial score (nSPS) is 12.3. The number of hydrogen-bond acceptors (Lipinski definition) is 4. The highest BCUT2D eigenvalue weighted by molar-refractivity contribution is 6.36. The largest absolute Gasteiger partial charge is 0.308 e. The second-order valence-corrected chi connectivity index (χ2v) is 11.1. The van der Waals surface area contributed by atoms with Crippen molar-refractivity contribution in [3.63, 3.8) is 0 Å². The summed E-state index contributed by atoms with van der Waals surface area (Å²) >= 11 is 0. The van der Waals surface area contributed by atoms with E-state index < -0.39 is 5.91 Å². The number of para-hydroxylation sites is 3. The van der Waals surface area contributed by atoms with Crippen molar-refractivity contribution in [2.75, 3.05) is 4.90 Å². The van der Waals surface area contributed by atoms with Crippen LogP contribution in [0.1, 0.15) is 31.8 Å². The molecule has 7 aromatic rings. The zero-order valence-electron chi connectivity index (χ0n) is 24.3. The van der Waals surface area contributed by atoms with E-state index in [4.69, 9.17) is 0 Å². The van der Waals surface area contributed by atoms with Gasteiger partial charge < -0.3 is 4.57 Å². The molecule has 6 heteroatoms. The van der Waals surface area contributed by atoms with E-state index in [2.05, 4.69) is 12.1 Å². The van der Waals surface area contributed by atoms with Crippen molar-refractivity contribution in [1.29, 1.82) is 10.5 Å². The van der Waals surface area contributed by atoms with E-state index in [1.54, 1.807) is 36.4 Å². The van der Waals surface area contributed by atoms with Gasteiger partial charge in [-0.2, -0.15) is 10.5 Å². The summed E-state index contributed by atoms with van der Waals surface area (Å²) in [7, 11) is 0. The molecule has 0 bridgehead atoms. The highest BCUT2D eigenvalue weighted by Gasteiger charge is 2.40. The summed E-state index contributed by atoms with van der Waals surface area (Å²) in [4.78, 5) is 29.9. The van der Waals surface area contributed by atoms with Gasteiger partial charge in [-0.25, -0.2) is 4.90 Å². The number of imide groups is 1. The van der Waals surface area contributed by atoms with Gasteiger partial charge in [0, 0.05) is 27.5 Å². The molecule has 46 heavy (non-hydrogen) atoms. The first kappa shape index (κ1) is 26.8. The average molecular weight is 591 g/mol. The number of fused-ring (bicyclic) bond motifs is 4. The fraction of sp³-hybridized carbons (Fsp3) is 0. The number of amides is 2. The summed E-state index contributed by atoms with van der Waals surface area (Å²) in [5, 5.41) is 21.4. The molecule has 1 aliphatic rings. The smallest absolute Gasteiger partial charge is 0.268 e. The van der Waals surface area contributed by atoms with Crippen molar-refractivity contribution < 1.29 is 9.59 Å². The Kier molecular flexibility index (Phi) is 6.10. The fourth-order valence-corrected chi connectivity index (χ4v) is 6.63. The van der Waals surface area contributed by atoms with Gasteiger partial charge in [-0.3, -0.25) is 9.59 Å². The summed E-state index contributed by atoms with van der Waals surface area (Å²) in [6.07, 6.45) is 0. The topological polar surface area (TPSA) is 89.9 Å². The number of anilines is 1. The molecule has 2 amide bonds. The van der Waals surface area contributed by atoms with Crippen LogP contribution < -0.4 is 4.90 Å². The van der Waals surface area contributed by atoms with Crippen molar-refractivity contribution in [2.45, 2.75) is 0 Å². The summed E-state index contributed by atoms with van der Waals surface area (Å²) in [6, 6.07) is 45.8. The molecule has 0 atom stereocenters. The van der Waals surface area contributed by atoms with Crippen LogP contribution in [0.25, 0.3) is 49.7 Å². The molecule has 0 spiro atoms. The van der Waals surface area contributed by atoms with Crippen LogP contribution in [0.4, 0.5) is 5.69 Å². The quantitative estimate of drug-likeness (QED) is 0.192. The lowest BCUT2D eigenvalue weighted by molar-refractivity contribution is 0.0926. The number of carbonyl (C=O) groups excluding carboxylic acids is 2. The van der Waals surface area contributed by atoms with E-state index >= 15 is 0 Å². The van der Waals surface area contributed by atoms with Crippen molar-refractivity contribution in [2.24, 2.45) is 0 Å². The molecule has 0 fully saturated rings. The summed E-state index contributed by atoms with van der Waals surface area (Å²) in [5.74, 6) is -0.788. The maximum absolute atomic E-state index is 14.5. The van der Waals surface area contributed by atoms with E-state index in [0.717, 1.165) is 38.5 Å². The van der Waals surface area contributed by atoms with E-state index in [-0.39, 0.29) is 5.91 Å². The molecular weight excluding hydrogens is 568 g/mol. The molecule has 0 N–H and O–H groups in total. The Hall–Kier alpha value is -6.76. The molecule has 1 aromatic heterocycles. The number of carbonyl (C=O) groups is 2. The van der Waals surface area contributed by atoms with Crippen molar-refractivity contribution in [3.8, 4) is 40.1 Å². The van der Waals surface area contributed by atoms with E-state index in [1.165, 1.54) is 4.90 Å². The van der Waals surface area contributed by atoms with Gasteiger partial charge in [0.05, 0.1) is 56.8 Å². The lowest BCUT2D eigenvalue weighted by Crippen LogP contribution is -2.30. The van der Waals surface area contributed by atoms with Crippen molar-refractivity contribution in [1.82, 2.24) is 4.57 Å². The molecule has 6 nitrogen and oxygen atoms in total. The third-order valence-electron chi connectivity index (χ3n) is 8.62. The lowest BCUT2D eigenvalue weighted by Gasteiger charge is -2.19. The van der Waals surface area contributed by atoms with Gasteiger partial charge in [-0.15, -0.1) is 0 Å². The van der Waals surface area contributed by atoms with Gasteiger partial charge in [0.1, 0.15) is 0 Å².